The van der Waals surface area contributed by atoms with Crippen LogP contribution in [0.1, 0.15) is 0 Å². The first-order valence-corrected chi connectivity index (χ1v) is 9.18. The number of rotatable bonds is 5. The van der Waals surface area contributed by atoms with Gasteiger partial charge in [-0.3, -0.25) is 14.2 Å². The lowest BCUT2D eigenvalue weighted by Crippen LogP contribution is -2.44. The number of nitrogens with one attached hydrogen (secondary N) is 1. The van der Waals surface area contributed by atoms with Gasteiger partial charge in [-0.05, 0) is 0 Å². The molecule has 32 heavy (non-hydrogen) atoms. The molecule has 1 aliphatic rings. The molecule has 1 saturated heterocycles. The highest BCUT2D eigenvalue weighted by atomic mass is 19.4. The van der Waals surface area contributed by atoms with Crippen LogP contribution in [0, 0.1) is 0 Å². The van der Waals surface area contributed by atoms with Crippen LogP contribution in [0.3, 0.4) is 0 Å². The highest BCUT2D eigenvalue weighted by Gasteiger charge is 2.38. The van der Waals surface area contributed by atoms with E-state index >= 15 is 0 Å². The number of nitrogens with zero attached hydrogens (tertiary/aromatic N) is 5. The number of aromatic nitrogens is 4. The largest absolute Gasteiger partial charge is 0.490 e. The van der Waals surface area contributed by atoms with E-state index in [4.69, 9.17) is 15.0 Å². The number of aliphatic carboxylic acids is 2. The van der Waals surface area contributed by atoms with Gasteiger partial charge in [0.1, 0.15) is 6.54 Å². The normalized spacial score (nSPS) is 14.1. The van der Waals surface area contributed by atoms with Crippen LogP contribution in [0.2, 0.25) is 0 Å². The molecule has 2 aromatic rings. The number of halogens is 3. The van der Waals surface area contributed by atoms with Crippen molar-refractivity contribution in [2.45, 2.75) is 19.3 Å². The second-order valence-corrected chi connectivity index (χ2v) is 6.65. The van der Waals surface area contributed by atoms with Crippen molar-refractivity contribution in [2.24, 2.45) is 7.05 Å². The zero-order chi connectivity index (χ0) is 24.2. The maximum Gasteiger partial charge on any atom is 0.490 e. The molecule has 2 aromatic heterocycles. The molecule has 1 fully saturated rings. The second kappa shape index (κ2) is 9.67. The van der Waals surface area contributed by atoms with E-state index in [1.165, 1.54) is 11.6 Å². The van der Waals surface area contributed by atoms with E-state index in [1.54, 1.807) is 10.6 Å². The minimum Gasteiger partial charge on any atom is -0.480 e. The van der Waals surface area contributed by atoms with Crippen LogP contribution in [-0.2, 0) is 29.7 Å². The first-order chi connectivity index (χ1) is 14.9. The van der Waals surface area contributed by atoms with Crippen LogP contribution in [0.5, 0.6) is 0 Å². The van der Waals surface area contributed by atoms with Crippen LogP contribution in [0.25, 0.3) is 11.2 Å². The number of piperazine rings is 1. The predicted octanol–water partition coefficient (Wildman–Crippen LogP) is -0.790. The quantitative estimate of drug-likeness (QED) is 0.486. The van der Waals surface area contributed by atoms with Gasteiger partial charge in [0.25, 0.3) is 5.56 Å². The first-order valence-electron chi connectivity index (χ1n) is 9.18. The molecule has 12 nitrogen and oxygen atoms in total. The van der Waals surface area contributed by atoms with E-state index in [-0.39, 0.29) is 11.2 Å². The Morgan fingerprint density at radius 2 is 1.75 bits per heavy atom. The van der Waals surface area contributed by atoms with Crippen molar-refractivity contribution < 1.29 is 33.0 Å². The fourth-order valence-electron chi connectivity index (χ4n) is 3.04. The number of alkyl halides is 3. The fraction of sp³-hybridized carbons (Fsp3) is 0.471. The van der Waals surface area contributed by atoms with Crippen molar-refractivity contribution in [3.05, 3.63) is 33.5 Å². The Balaban J connectivity index is 0.000000451. The number of aryl methyl sites for hydroxylation is 1. The lowest BCUT2D eigenvalue weighted by atomic mass is 10.4. The second-order valence-electron chi connectivity index (χ2n) is 6.65. The fourth-order valence-corrected chi connectivity index (χ4v) is 3.04. The lowest BCUT2D eigenvalue weighted by molar-refractivity contribution is -0.192. The number of carboxylic acid groups (broad SMARTS) is 2. The highest BCUT2D eigenvalue weighted by molar-refractivity contribution is 5.75. The van der Waals surface area contributed by atoms with Crippen LogP contribution in [0.15, 0.2) is 22.2 Å². The maximum atomic E-state index is 12.8. The van der Waals surface area contributed by atoms with E-state index < -0.39 is 35.9 Å². The molecule has 176 valence electrons. The van der Waals surface area contributed by atoms with Crippen molar-refractivity contribution in [2.75, 3.05) is 31.1 Å². The molecule has 0 aromatic carbocycles. The summed E-state index contributed by atoms with van der Waals surface area (Å²) in [5, 5.41) is 19.4. The van der Waals surface area contributed by atoms with Gasteiger partial charge < -0.3 is 25.0 Å². The number of carbonyl (C=O) groups is 2. The molecule has 3 heterocycles. The zero-order valence-electron chi connectivity index (χ0n) is 16.9. The summed E-state index contributed by atoms with van der Waals surface area (Å²) in [6.07, 6.45) is -3.45. The summed E-state index contributed by atoms with van der Waals surface area (Å²) in [7, 11) is 1.48. The molecule has 0 radical (unpaired) electrons. The summed E-state index contributed by atoms with van der Waals surface area (Å²) in [6.45, 7) is 6.38. The average Bonchev–Trinajstić information content (AvgIpc) is 3.10. The smallest absolute Gasteiger partial charge is 0.480 e. The zero-order valence-corrected chi connectivity index (χ0v) is 16.9. The Bertz CT molecular complexity index is 1140. The lowest BCUT2D eigenvalue weighted by Gasteiger charge is -2.28. The average molecular weight is 462 g/mol. The SMILES string of the molecule is C=CCn1c(N2CCNCC2)nc2c1c(=O)n(CC(=O)O)c(=O)n2C.O=C(O)C(F)(F)F. The van der Waals surface area contributed by atoms with Crippen molar-refractivity contribution in [1.29, 1.82) is 0 Å². The standard InChI is InChI=1S/C15H20N6O4.C2HF3O2/c1-3-6-20-11-12(17-14(20)19-7-4-16-5-8-19)18(2)15(25)21(13(11)24)9-10(22)23;3-2(4,5)1(6)7/h3,16H,1,4-9H2,2H3,(H,22,23);(H,6,7). The van der Waals surface area contributed by atoms with E-state index in [0.717, 1.165) is 26.2 Å². The molecular weight excluding hydrogens is 441 g/mol. The predicted molar refractivity (Wildman–Crippen MR) is 106 cm³/mol. The summed E-state index contributed by atoms with van der Waals surface area (Å²) in [4.78, 5) is 51.6. The molecule has 0 unspecified atom stereocenters. The van der Waals surface area contributed by atoms with E-state index in [1.807, 2.05) is 4.90 Å². The monoisotopic (exact) mass is 462 g/mol. The van der Waals surface area contributed by atoms with Crippen molar-refractivity contribution in [3.63, 3.8) is 0 Å². The van der Waals surface area contributed by atoms with Gasteiger partial charge in [-0.15, -0.1) is 6.58 Å². The maximum absolute atomic E-state index is 12.8. The molecule has 0 atom stereocenters. The number of hydrogen-bond acceptors (Lipinski definition) is 7. The molecule has 15 heteroatoms. The summed E-state index contributed by atoms with van der Waals surface area (Å²) >= 11 is 0. The van der Waals surface area contributed by atoms with Gasteiger partial charge in [0.15, 0.2) is 11.2 Å². The Kier molecular flexibility index (Phi) is 7.45. The molecule has 3 rings (SSSR count). The molecule has 0 aliphatic carbocycles. The topological polar surface area (TPSA) is 152 Å². The molecule has 0 spiro atoms. The Morgan fingerprint density at radius 3 is 2.22 bits per heavy atom. The third kappa shape index (κ3) is 5.16. The molecule has 3 N–H and O–H groups in total. The number of imidazole rings is 1. The van der Waals surface area contributed by atoms with Gasteiger partial charge in [-0.2, -0.15) is 18.2 Å². The van der Waals surface area contributed by atoms with Crippen LogP contribution < -0.4 is 21.5 Å². The van der Waals surface area contributed by atoms with Gasteiger partial charge in [0, 0.05) is 39.8 Å². The molecule has 1 aliphatic heterocycles. The van der Waals surface area contributed by atoms with Crippen LogP contribution in [0.4, 0.5) is 19.1 Å². The third-order valence-corrected chi connectivity index (χ3v) is 4.46. The molecule has 0 bridgehead atoms. The summed E-state index contributed by atoms with van der Waals surface area (Å²) in [5.74, 6) is -3.43. The van der Waals surface area contributed by atoms with E-state index in [0.29, 0.717) is 17.1 Å². The first kappa shape index (κ1) is 24.6. The third-order valence-electron chi connectivity index (χ3n) is 4.46. The van der Waals surface area contributed by atoms with Gasteiger partial charge >= 0.3 is 23.8 Å². The van der Waals surface area contributed by atoms with Gasteiger partial charge in [-0.25, -0.2) is 14.2 Å². The number of anilines is 1. The van der Waals surface area contributed by atoms with Crippen LogP contribution >= 0.6 is 0 Å². The van der Waals surface area contributed by atoms with Gasteiger partial charge in [-0.1, -0.05) is 6.08 Å². The van der Waals surface area contributed by atoms with Crippen molar-refractivity contribution in [1.82, 2.24) is 24.0 Å². The minimum atomic E-state index is -5.08. The molecular formula is C17H21F3N6O6. The van der Waals surface area contributed by atoms with Gasteiger partial charge in [0.05, 0.1) is 0 Å². The highest BCUT2D eigenvalue weighted by Crippen LogP contribution is 2.20. The summed E-state index contributed by atoms with van der Waals surface area (Å²) < 4.78 is 35.4. The Hall–Kier alpha value is -3.62. The Labute approximate surface area is 177 Å². The number of allylic oxidation sites excluding steroid dienone is 1. The summed E-state index contributed by atoms with van der Waals surface area (Å²) in [5.41, 5.74) is -0.907. The van der Waals surface area contributed by atoms with Crippen LogP contribution in [-0.4, -0.2) is 73.2 Å². The molecule has 0 saturated carbocycles. The summed E-state index contributed by atoms with van der Waals surface area (Å²) in [6, 6.07) is 0. The Morgan fingerprint density at radius 1 is 1.19 bits per heavy atom. The van der Waals surface area contributed by atoms with Crippen molar-refractivity contribution >= 4 is 29.1 Å². The van der Waals surface area contributed by atoms with Gasteiger partial charge in [0.2, 0.25) is 5.95 Å². The number of carboxylic acids is 2. The molecule has 0 amide bonds. The van der Waals surface area contributed by atoms with E-state index in [2.05, 4.69) is 16.9 Å². The van der Waals surface area contributed by atoms with Crippen molar-refractivity contribution in [3.8, 4) is 0 Å². The minimum absolute atomic E-state index is 0.205. The number of fused-ring (bicyclic) bond motifs is 1. The number of hydrogen-bond donors (Lipinski definition) is 3. The van der Waals surface area contributed by atoms with E-state index in [9.17, 15) is 27.6 Å².